The van der Waals surface area contributed by atoms with Crippen molar-refractivity contribution < 1.29 is 9.53 Å². The Hall–Kier alpha value is -1.02. The Kier molecular flexibility index (Phi) is 6.93. The summed E-state index contributed by atoms with van der Waals surface area (Å²) in [7, 11) is 0. The highest BCUT2D eigenvalue weighted by molar-refractivity contribution is 6.30. The Labute approximate surface area is 121 Å². The van der Waals surface area contributed by atoms with Gasteiger partial charge in [0.1, 0.15) is 0 Å². The van der Waals surface area contributed by atoms with Gasteiger partial charge in [0.2, 0.25) is 0 Å². The molecule has 0 aliphatic carbocycles. The van der Waals surface area contributed by atoms with Gasteiger partial charge < -0.3 is 4.74 Å². The molecule has 0 aliphatic heterocycles. The van der Waals surface area contributed by atoms with Crippen molar-refractivity contribution in [1.29, 1.82) is 0 Å². The molecule has 0 spiro atoms. The number of benzene rings is 1. The van der Waals surface area contributed by atoms with E-state index >= 15 is 0 Å². The first-order valence-electron chi connectivity index (χ1n) is 6.94. The summed E-state index contributed by atoms with van der Waals surface area (Å²) < 4.78 is 5.26. The van der Waals surface area contributed by atoms with Crippen molar-refractivity contribution in [2.45, 2.75) is 46.0 Å². The number of esters is 1. The highest BCUT2D eigenvalue weighted by Crippen LogP contribution is 2.27. The zero-order valence-electron chi connectivity index (χ0n) is 12.0. The molecule has 0 saturated heterocycles. The number of hydrogen-bond acceptors (Lipinski definition) is 2. The molecule has 1 rings (SSSR count). The summed E-state index contributed by atoms with van der Waals surface area (Å²) in [6.07, 6.45) is 2.44. The normalized spacial score (nSPS) is 12.5. The number of hydrogen-bond donors (Lipinski definition) is 0. The molecule has 0 aliphatic rings. The smallest absolute Gasteiger partial charge is 0.306 e. The highest BCUT2D eigenvalue weighted by Gasteiger charge is 2.17. The largest absolute Gasteiger partial charge is 0.465 e. The Morgan fingerprint density at radius 3 is 2.68 bits per heavy atom. The minimum Gasteiger partial charge on any atom is -0.465 e. The van der Waals surface area contributed by atoms with E-state index in [0.717, 1.165) is 18.4 Å². The first kappa shape index (κ1) is 16.0. The Morgan fingerprint density at radius 1 is 1.37 bits per heavy atom. The van der Waals surface area contributed by atoms with Gasteiger partial charge >= 0.3 is 5.97 Å². The minimum atomic E-state index is -0.118. The first-order valence-corrected chi connectivity index (χ1v) is 7.31. The van der Waals surface area contributed by atoms with Crippen molar-refractivity contribution in [2.75, 3.05) is 6.61 Å². The average Bonchev–Trinajstić information content (AvgIpc) is 2.36. The van der Waals surface area contributed by atoms with Crippen LogP contribution >= 0.6 is 11.6 Å². The second-order valence-corrected chi connectivity index (χ2v) is 5.76. The lowest BCUT2D eigenvalue weighted by atomic mass is 9.91. The fourth-order valence-corrected chi connectivity index (χ4v) is 2.21. The lowest BCUT2D eigenvalue weighted by Gasteiger charge is -2.16. The van der Waals surface area contributed by atoms with E-state index in [1.54, 1.807) is 0 Å². The van der Waals surface area contributed by atoms with E-state index < -0.39 is 0 Å². The molecule has 1 unspecified atom stereocenters. The zero-order valence-corrected chi connectivity index (χ0v) is 12.7. The van der Waals surface area contributed by atoms with Crippen LogP contribution in [0.5, 0.6) is 0 Å². The monoisotopic (exact) mass is 282 g/mol. The van der Waals surface area contributed by atoms with Crippen LogP contribution in [0.2, 0.25) is 5.02 Å². The Balaban J connectivity index is 2.65. The van der Waals surface area contributed by atoms with Crippen molar-refractivity contribution >= 4 is 17.6 Å². The summed E-state index contributed by atoms with van der Waals surface area (Å²) in [4.78, 5) is 11.8. The van der Waals surface area contributed by atoms with Crippen molar-refractivity contribution in [3.05, 3.63) is 34.9 Å². The number of carbonyl (C=O) groups excluding carboxylic acids is 1. The van der Waals surface area contributed by atoms with E-state index in [9.17, 15) is 4.79 Å². The number of ether oxygens (including phenoxy) is 1. The molecule has 0 radical (unpaired) electrons. The van der Waals surface area contributed by atoms with Gasteiger partial charge in [0.15, 0.2) is 0 Å². The van der Waals surface area contributed by atoms with Crippen LogP contribution in [0, 0.1) is 5.92 Å². The molecule has 0 saturated carbocycles. The second kappa shape index (κ2) is 8.21. The Morgan fingerprint density at radius 2 is 2.11 bits per heavy atom. The maximum absolute atomic E-state index is 11.8. The second-order valence-electron chi connectivity index (χ2n) is 5.32. The summed E-state index contributed by atoms with van der Waals surface area (Å²) in [6, 6.07) is 7.75. The summed E-state index contributed by atoms with van der Waals surface area (Å²) in [5, 5.41) is 0.717. The third-order valence-corrected chi connectivity index (χ3v) is 3.18. The first-order chi connectivity index (χ1) is 9.02. The molecule has 2 nitrogen and oxygen atoms in total. The summed E-state index contributed by atoms with van der Waals surface area (Å²) in [6.45, 7) is 6.69. The molecule has 0 aromatic heterocycles. The van der Waals surface area contributed by atoms with Gasteiger partial charge in [-0.1, -0.05) is 50.9 Å². The molecule has 0 bridgehead atoms. The van der Waals surface area contributed by atoms with Crippen LogP contribution in [-0.2, 0) is 9.53 Å². The maximum atomic E-state index is 11.8. The third-order valence-electron chi connectivity index (χ3n) is 2.95. The molecule has 106 valence electrons. The predicted octanol–water partition coefficient (Wildman–Crippen LogP) is 4.81. The van der Waals surface area contributed by atoms with E-state index in [1.807, 2.05) is 38.1 Å². The van der Waals surface area contributed by atoms with Crippen LogP contribution < -0.4 is 0 Å². The number of carbonyl (C=O) groups is 1. The molecule has 0 N–H and O–H groups in total. The fraction of sp³-hybridized carbons (Fsp3) is 0.562. The van der Waals surface area contributed by atoms with Gasteiger partial charge in [-0.15, -0.1) is 0 Å². The van der Waals surface area contributed by atoms with E-state index in [-0.39, 0.29) is 11.9 Å². The average molecular weight is 283 g/mol. The number of rotatable bonds is 7. The van der Waals surface area contributed by atoms with Crippen molar-refractivity contribution in [3.63, 3.8) is 0 Å². The van der Waals surface area contributed by atoms with Gasteiger partial charge in [0.05, 0.1) is 13.0 Å². The lowest BCUT2D eigenvalue weighted by Crippen LogP contribution is -2.13. The molecule has 0 heterocycles. The molecule has 1 aromatic carbocycles. The third kappa shape index (κ3) is 6.11. The highest BCUT2D eigenvalue weighted by atomic mass is 35.5. The van der Waals surface area contributed by atoms with Crippen LogP contribution in [0.25, 0.3) is 0 Å². The van der Waals surface area contributed by atoms with Gasteiger partial charge in [-0.05, 0) is 36.0 Å². The SMILES string of the molecule is CCCC(CC(=O)OCC(C)C)c1cccc(Cl)c1. The van der Waals surface area contributed by atoms with Gasteiger partial charge in [-0.3, -0.25) is 4.79 Å². The molecular formula is C16H23ClO2. The predicted molar refractivity (Wildman–Crippen MR) is 79.5 cm³/mol. The maximum Gasteiger partial charge on any atom is 0.306 e. The summed E-state index contributed by atoms with van der Waals surface area (Å²) in [5.41, 5.74) is 1.12. The molecule has 1 aromatic rings. The topological polar surface area (TPSA) is 26.3 Å². The molecule has 1 atom stereocenters. The van der Waals surface area contributed by atoms with E-state index in [2.05, 4.69) is 6.92 Å². The van der Waals surface area contributed by atoms with Crippen molar-refractivity contribution in [2.24, 2.45) is 5.92 Å². The van der Waals surface area contributed by atoms with Crippen LogP contribution in [0.1, 0.15) is 51.5 Å². The summed E-state index contributed by atoms with van der Waals surface area (Å²) >= 11 is 6.01. The van der Waals surface area contributed by atoms with Crippen LogP contribution in [0.3, 0.4) is 0 Å². The standard InChI is InChI=1S/C16H23ClO2/c1-4-6-13(10-16(18)19-11-12(2)3)14-7-5-8-15(17)9-14/h5,7-9,12-13H,4,6,10-11H2,1-3H3. The zero-order chi connectivity index (χ0) is 14.3. The van der Waals surface area contributed by atoms with Crippen LogP contribution in [-0.4, -0.2) is 12.6 Å². The van der Waals surface area contributed by atoms with E-state index in [0.29, 0.717) is 24.0 Å². The molecule has 19 heavy (non-hydrogen) atoms. The molecule has 3 heteroatoms. The quantitative estimate of drug-likeness (QED) is 0.671. The molecular weight excluding hydrogens is 260 g/mol. The fourth-order valence-electron chi connectivity index (χ4n) is 2.02. The van der Waals surface area contributed by atoms with Crippen molar-refractivity contribution in [3.8, 4) is 0 Å². The summed E-state index contributed by atoms with van der Waals surface area (Å²) in [5.74, 6) is 0.454. The lowest BCUT2D eigenvalue weighted by molar-refractivity contribution is -0.145. The van der Waals surface area contributed by atoms with E-state index in [4.69, 9.17) is 16.3 Å². The van der Waals surface area contributed by atoms with E-state index in [1.165, 1.54) is 0 Å². The van der Waals surface area contributed by atoms with Gasteiger partial charge in [0, 0.05) is 5.02 Å². The molecule has 0 amide bonds. The van der Waals surface area contributed by atoms with Gasteiger partial charge in [-0.25, -0.2) is 0 Å². The van der Waals surface area contributed by atoms with Gasteiger partial charge in [0.25, 0.3) is 0 Å². The Bertz CT molecular complexity index is 401. The van der Waals surface area contributed by atoms with Crippen molar-refractivity contribution in [1.82, 2.24) is 0 Å². The van der Waals surface area contributed by atoms with Gasteiger partial charge in [-0.2, -0.15) is 0 Å². The number of halogens is 1. The van der Waals surface area contributed by atoms with Crippen LogP contribution in [0.4, 0.5) is 0 Å². The van der Waals surface area contributed by atoms with Crippen LogP contribution in [0.15, 0.2) is 24.3 Å². The molecule has 0 fully saturated rings. The minimum absolute atomic E-state index is 0.118.